The minimum atomic E-state index is 0.850. The fourth-order valence-electron chi connectivity index (χ4n) is 3.21. The molecule has 0 unspecified atom stereocenters. The van der Waals surface area contributed by atoms with Crippen LogP contribution in [0.2, 0.25) is 0 Å². The van der Waals surface area contributed by atoms with Gasteiger partial charge in [-0.3, -0.25) is 14.9 Å². The van der Waals surface area contributed by atoms with E-state index >= 15 is 0 Å². The van der Waals surface area contributed by atoms with Crippen LogP contribution in [0.15, 0.2) is 48.3 Å². The standard InChI is InChI=1S/C21H31N3/c1-4-6-8-13-21-19(12-11-14-22-21)20(5-2)23-18(3)17-24-15-9-7-10-16-24/h5,11-12,14H,2-4,6-10,13,15-17H2,1H3. The summed E-state index contributed by atoms with van der Waals surface area (Å²) in [4.78, 5) is 11.8. The zero-order valence-electron chi connectivity index (χ0n) is 15.1. The summed E-state index contributed by atoms with van der Waals surface area (Å²) in [5, 5.41) is 0. The number of aromatic nitrogens is 1. The van der Waals surface area contributed by atoms with E-state index in [4.69, 9.17) is 4.99 Å². The molecule has 3 nitrogen and oxygen atoms in total. The monoisotopic (exact) mass is 325 g/mol. The lowest BCUT2D eigenvalue weighted by atomic mass is 10.0. The second kappa shape index (κ2) is 10.2. The summed E-state index contributed by atoms with van der Waals surface area (Å²) < 4.78 is 0. The molecular formula is C21H31N3. The molecule has 0 radical (unpaired) electrons. The number of aryl methyl sites for hydroxylation is 1. The van der Waals surface area contributed by atoms with Crippen LogP contribution < -0.4 is 0 Å². The van der Waals surface area contributed by atoms with E-state index in [1.165, 1.54) is 38.5 Å². The van der Waals surface area contributed by atoms with Crippen LogP contribution in [0.3, 0.4) is 0 Å². The molecule has 3 heteroatoms. The van der Waals surface area contributed by atoms with Gasteiger partial charge in [0.25, 0.3) is 0 Å². The summed E-state index contributed by atoms with van der Waals surface area (Å²) in [5.41, 5.74) is 4.03. The zero-order chi connectivity index (χ0) is 17.2. The lowest BCUT2D eigenvalue weighted by molar-refractivity contribution is 0.246. The van der Waals surface area contributed by atoms with Crippen molar-refractivity contribution in [1.82, 2.24) is 9.88 Å². The van der Waals surface area contributed by atoms with Crippen molar-refractivity contribution in [2.24, 2.45) is 4.99 Å². The second-order valence-electron chi connectivity index (χ2n) is 6.56. The molecule has 1 aromatic heterocycles. The lowest BCUT2D eigenvalue weighted by Crippen LogP contribution is -2.31. The number of hydrogen-bond donors (Lipinski definition) is 0. The van der Waals surface area contributed by atoms with Gasteiger partial charge >= 0.3 is 0 Å². The Morgan fingerprint density at radius 3 is 2.79 bits per heavy atom. The van der Waals surface area contributed by atoms with Crippen molar-refractivity contribution in [2.75, 3.05) is 19.6 Å². The van der Waals surface area contributed by atoms with Gasteiger partial charge < -0.3 is 0 Å². The van der Waals surface area contributed by atoms with E-state index < -0.39 is 0 Å². The summed E-state index contributed by atoms with van der Waals surface area (Å²) >= 11 is 0. The summed E-state index contributed by atoms with van der Waals surface area (Å²) in [6, 6.07) is 4.08. The fourth-order valence-corrected chi connectivity index (χ4v) is 3.21. The van der Waals surface area contributed by atoms with Crippen molar-refractivity contribution in [3.63, 3.8) is 0 Å². The van der Waals surface area contributed by atoms with Crippen LogP contribution in [0, 0.1) is 0 Å². The minimum absolute atomic E-state index is 0.850. The molecule has 0 saturated carbocycles. The Kier molecular flexibility index (Phi) is 7.90. The van der Waals surface area contributed by atoms with Crippen LogP contribution in [-0.4, -0.2) is 35.2 Å². The number of pyridine rings is 1. The SMILES string of the molecule is C=CC(=NC(=C)CN1CCCCC1)c1cccnc1CCCCC. The lowest BCUT2D eigenvalue weighted by Gasteiger charge is -2.26. The first-order chi connectivity index (χ1) is 11.7. The molecule has 1 aromatic rings. The van der Waals surface area contributed by atoms with Crippen LogP contribution in [0.1, 0.15) is 56.7 Å². The fraction of sp³-hybridized carbons (Fsp3) is 0.524. The van der Waals surface area contributed by atoms with Gasteiger partial charge in [0, 0.05) is 29.7 Å². The third kappa shape index (κ3) is 5.72. The van der Waals surface area contributed by atoms with Gasteiger partial charge in [-0.1, -0.05) is 39.3 Å². The number of piperidine rings is 1. The van der Waals surface area contributed by atoms with E-state index in [1.807, 2.05) is 18.3 Å². The molecule has 0 amide bonds. The Balaban J connectivity index is 2.08. The number of hydrogen-bond acceptors (Lipinski definition) is 3. The number of nitrogens with zero attached hydrogens (tertiary/aromatic N) is 3. The quantitative estimate of drug-likeness (QED) is 0.482. The largest absolute Gasteiger partial charge is 0.298 e. The molecule has 0 aliphatic carbocycles. The van der Waals surface area contributed by atoms with E-state index in [2.05, 4.69) is 36.0 Å². The normalized spacial score (nSPS) is 16.1. The van der Waals surface area contributed by atoms with Gasteiger partial charge in [-0.15, -0.1) is 0 Å². The number of likely N-dealkylation sites (tertiary alicyclic amines) is 1. The van der Waals surface area contributed by atoms with Gasteiger partial charge in [-0.05, 0) is 57.0 Å². The highest BCUT2D eigenvalue weighted by Crippen LogP contribution is 2.15. The van der Waals surface area contributed by atoms with Gasteiger partial charge in [0.15, 0.2) is 0 Å². The summed E-state index contributed by atoms with van der Waals surface area (Å²) in [7, 11) is 0. The van der Waals surface area contributed by atoms with Crippen molar-refractivity contribution in [3.05, 3.63) is 54.5 Å². The van der Waals surface area contributed by atoms with Gasteiger partial charge in [0.2, 0.25) is 0 Å². The molecule has 0 N–H and O–H groups in total. The maximum atomic E-state index is 4.77. The van der Waals surface area contributed by atoms with Crippen LogP contribution in [-0.2, 0) is 6.42 Å². The highest BCUT2D eigenvalue weighted by Gasteiger charge is 2.12. The van der Waals surface area contributed by atoms with Gasteiger partial charge in [0.1, 0.15) is 0 Å². The van der Waals surface area contributed by atoms with E-state index in [0.717, 1.165) is 48.7 Å². The number of unbranched alkanes of at least 4 members (excludes halogenated alkanes) is 2. The summed E-state index contributed by atoms with van der Waals surface area (Å²) in [5.74, 6) is 0. The molecular weight excluding hydrogens is 294 g/mol. The molecule has 1 saturated heterocycles. The number of allylic oxidation sites excluding steroid dienone is 1. The van der Waals surface area contributed by atoms with Crippen molar-refractivity contribution in [3.8, 4) is 0 Å². The van der Waals surface area contributed by atoms with Crippen LogP contribution in [0.25, 0.3) is 0 Å². The number of rotatable bonds is 9. The molecule has 1 aliphatic rings. The van der Waals surface area contributed by atoms with Crippen molar-refractivity contribution >= 4 is 5.71 Å². The Labute approximate surface area is 147 Å². The predicted molar refractivity (Wildman–Crippen MR) is 104 cm³/mol. The minimum Gasteiger partial charge on any atom is -0.298 e. The maximum Gasteiger partial charge on any atom is 0.0718 e. The van der Waals surface area contributed by atoms with E-state index in [0.29, 0.717) is 0 Å². The van der Waals surface area contributed by atoms with E-state index in [-0.39, 0.29) is 0 Å². The molecule has 0 spiro atoms. The molecule has 2 rings (SSSR count). The van der Waals surface area contributed by atoms with Crippen molar-refractivity contribution < 1.29 is 0 Å². The van der Waals surface area contributed by atoms with Crippen molar-refractivity contribution in [2.45, 2.75) is 51.9 Å². The number of aliphatic imine (C=N–C) groups is 1. The third-order valence-corrected chi connectivity index (χ3v) is 4.51. The van der Waals surface area contributed by atoms with Crippen LogP contribution in [0.5, 0.6) is 0 Å². The maximum absolute atomic E-state index is 4.77. The average Bonchev–Trinajstić information content (AvgIpc) is 2.61. The summed E-state index contributed by atoms with van der Waals surface area (Å²) in [6.45, 7) is 13.5. The second-order valence-corrected chi connectivity index (χ2v) is 6.56. The first-order valence-electron chi connectivity index (χ1n) is 9.30. The average molecular weight is 326 g/mol. The Bertz CT molecular complexity index is 568. The van der Waals surface area contributed by atoms with E-state index in [1.54, 1.807) is 0 Å². The topological polar surface area (TPSA) is 28.5 Å². The van der Waals surface area contributed by atoms with Gasteiger partial charge in [0.05, 0.1) is 5.71 Å². The Hall–Kier alpha value is -1.74. The predicted octanol–water partition coefficient (Wildman–Crippen LogP) is 4.79. The Morgan fingerprint density at radius 2 is 2.08 bits per heavy atom. The highest BCUT2D eigenvalue weighted by atomic mass is 15.1. The van der Waals surface area contributed by atoms with Crippen molar-refractivity contribution in [1.29, 1.82) is 0 Å². The molecule has 1 fully saturated rings. The van der Waals surface area contributed by atoms with E-state index in [9.17, 15) is 0 Å². The molecule has 24 heavy (non-hydrogen) atoms. The molecule has 2 heterocycles. The van der Waals surface area contributed by atoms with Crippen LogP contribution >= 0.6 is 0 Å². The smallest absolute Gasteiger partial charge is 0.0718 e. The third-order valence-electron chi connectivity index (χ3n) is 4.51. The Morgan fingerprint density at radius 1 is 1.29 bits per heavy atom. The van der Waals surface area contributed by atoms with Gasteiger partial charge in [-0.25, -0.2) is 0 Å². The molecule has 0 bridgehead atoms. The first-order valence-corrected chi connectivity index (χ1v) is 9.30. The first kappa shape index (κ1) is 18.6. The zero-order valence-corrected chi connectivity index (χ0v) is 15.1. The molecule has 1 aliphatic heterocycles. The molecule has 0 atom stereocenters. The molecule has 0 aromatic carbocycles. The highest BCUT2D eigenvalue weighted by molar-refractivity contribution is 6.09. The van der Waals surface area contributed by atoms with Gasteiger partial charge in [-0.2, -0.15) is 0 Å². The van der Waals surface area contributed by atoms with Crippen LogP contribution in [0.4, 0.5) is 0 Å². The summed E-state index contributed by atoms with van der Waals surface area (Å²) in [6.07, 6.45) is 12.2. The molecule has 130 valence electrons.